The Morgan fingerprint density at radius 1 is 1.19 bits per heavy atom. The molecule has 1 saturated heterocycles. The van der Waals surface area contributed by atoms with Crippen LogP contribution in [0.2, 0.25) is 0 Å². The van der Waals surface area contributed by atoms with Gasteiger partial charge in [0.25, 0.3) is 0 Å². The molecule has 1 unspecified atom stereocenters. The molecule has 0 bridgehead atoms. The Bertz CT molecular complexity index is 742. The molecular weight excluding hydrogens is 361 g/mol. The van der Waals surface area contributed by atoms with E-state index in [1.54, 1.807) is 19.1 Å². The largest absolute Gasteiger partial charge is 0.484 e. The summed E-state index contributed by atoms with van der Waals surface area (Å²) >= 11 is 0. The molecule has 6 nitrogen and oxygen atoms in total. The van der Waals surface area contributed by atoms with Gasteiger partial charge in [-0.05, 0) is 19.9 Å². The third-order valence-electron chi connectivity index (χ3n) is 4.61. The summed E-state index contributed by atoms with van der Waals surface area (Å²) in [6, 6.07) is 6.92. The molecule has 2 heterocycles. The van der Waals surface area contributed by atoms with Gasteiger partial charge in [-0.1, -0.05) is 23.4 Å². The molecule has 148 valence electrons. The molecule has 0 amide bonds. The summed E-state index contributed by atoms with van der Waals surface area (Å²) < 4.78 is 47.5. The Balaban J connectivity index is 1.55. The summed E-state index contributed by atoms with van der Waals surface area (Å²) in [4.78, 5) is 8.75. The van der Waals surface area contributed by atoms with Gasteiger partial charge in [0.15, 0.2) is 12.4 Å². The quantitative estimate of drug-likeness (QED) is 0.763. The highest BCUT2D eigenvalue weighted by atomic mass is 19.4. The Morgan fingerprint density at radius 2 is 1.89 bits per heavy atom. The molecule has 27 heavy (non-hydrogen) atoms. The average Bonchev–Trinajstić information content (AvgIpc) is 3.07. The van der Waals surface area contributed by atoms with Crippen LogP contribution >= 0.6 is 0 Å². The lowest BCUT2D eigenvalue weighted by molar-refractivity contribution is -0.153. The van der Waals surface area contributed by atoms with Crippen LogP contribution in [0.25, 0.3) is 0 Å². The van der Waals surface area contributed by atoms with E-state index in [4.69, 9.17) is 9.26 Å². The zero-order valence-electron chi connectivity index (χ0n) is 15.4. The molecular formula is C18H23F3N4O2. The second-order valence-electron chi connectivity index (χ2n) is 6.68. The molecule has 0 spiro atoms. The smallest absolute Gasteiger partial charge is 0.422 e. The van der Waals surface area contributed by atoms with E-state index in [2.05, 4.69) is 19.9 Å². The topological polar surface area (TPSA) is 54.6 Å². The number of hydrogen-bond donors (Lipinski definition) is 0. The van der Waals surface area contributed by atoms with E-state index in [0.29, 0.717) is 18.3 Å². The Kier molecular flexibility index (Phi) is 6.01. The minimum Gasteiger partial charge on any atom is -0.484 e. The predicted molar refractivity (Wildman–Crippen MR) is 92.3 cm³/mol. The zero-order valence-corrected chi connectivity index (χ0v) is 15.4. The fourth-order valence-electron chi connectivity index (χ4n) is 3.12. The van der Waals surface area contributed by atoms with Crippen molar-refractivity contribution in [3.05, 3.63) is 41.5 Å². The van der Waals surface area contributed by atoms with Crippen LogP contribution in [-0.4, -0.2) is 58.9 Å². The molecule has 0 aliphatic carbocycles. The molecule has 1 aromatic carbocycles. The average molecular weight is 384 g/mol. The highest BCUT2D eigenvalue weighted by molar-refractivity contribution is 5.33. The molecule has 1 aliphatic rings. The van der Waals surface area contributed by atoms with Crippen LogP contribution in [0.5, 0.6) is 5.75 Å². The summed E-state index contributed by atoms with van der Waals surface area (Å²) in [7, 11) is 0. The summed E-state index contributed by atoms with van der Waals surface area (Å²) in [5.74, 6) is 1.50. The summed E-state index contributed by atoms with van der Waals surface area (Å²) in [5.41, 5.74) is 0.760. The Labute approximate surface area is 155 Å². The van der Waals surface area contributed by atoms with Gasteiger partial charge in [-0.3, -0.25) is 9.80 Å². The monoisotopic (exact) mass is 384 g/mol. The van der Waals surface area contributed by atoms with Crippen molar-refractivity contribution >= 4 is 0 Å². The van der Waals surface area contributed by atoms with E-state index in [-0.39, 0.29) is 11.8 Å². The van der Waals surface area contributed by atoms with Crippen molar-refractivity contribution in [2.75, 3.05) is 32.8 Å². The minimum atomic E-state index is -4.35. The number of para-hydroxylation sites is 1. The number of aryl methyl sites for hydroxylation is 1. The van der Waals surface area contributed by atoms with Crippen LogP contribution < -0.4 is 4.74 Å². The fraction of sp³-hybridized carbons (Fsp3) is 0.556. The first kappa shape index (κ1) is 19.6. The summed E-state index contributed by atoms with van der Waals surface area (Å²) in [6.07, 6.45) is -4.35. The number of ether oxygens (including phenoxy) is 1. The fourth-order valence-corrected chi connectivity index (χ4v) is 3.12. The van der Waals surface area contributed by atoms with Crippen molar-refractivity contribution in [3.63, 3.8) is 0 Å². The Hall–Kier alpha value is -2.13. The SMILES string of the molecule is Cc1noc(C(C)N2CCN(Cc3ccccc3OCC(F)(F)F)CC2)n1. The number of piperazine rings is 1. The van der Waals surface area contributed by atoms with Crippen molar-refractivity contribution < 1.29 is 22.4 Å². The number of hydrogen-bond acceptors (Lipinski definition) is 6. The first-order valence-electron chi connectivity index (χ1n) is 8.86. The van der Waals surface area contributed by atoms with Crippen molar-refractivity contribution in [1.82, 2.24) is 19.9 Å². The molecule has 9 heteroatoms. The predicted octanol–water partition coefficient (Wildman–Crippen LogP) is 3.20. The number of nitrogens with zero attached hydrogens (tertiary/aromatic N) is 4. The van der Waals surface area contributed by atoms with Gasteiger partial charge < -0.3 is 9.26 Å². The molecule has 2 aromatic rings. The van der Waals surface area contributed by atoms with Gasteiger partial charge in [0.05, 0.1) is 6.04 Å². The molecule has 0 saturated carbocycles. The van der Waals surface area contributed by atoms with Gasteiger partial charge in [0.2, 0.25) is 5.89 Å². The van der Waals surface area contributed by atoms with E-state index >= 15 is 0 Å². The van der Waals surface area contributed by atoms with Crippen molar-refractivity contribution in [3.8, 4) is 5.75 Å². The Morgan fingerprint density at radius 3 is 2.52 bits per heavy atom. The molecule has 3 rings (SSSR count). The van der Waals surface area contributed by atoms with Crippen LogP contribution in [0.1, 0.15) is 30.2 Å². The maximum absolute atomic E-state index is 12.4. The number of alkyl halides is 3. The minimum absolute atomic E-state index is 0.0377. The molecule has 0 N–H and O–H groups in total. The van der Waals surface area contributed by atoms with Gasteiger partial charge >= 0.3 is 6.18 Å². The molecule has 0 radical (unpaired) electrons. The first-order valence-corrected chi connectivity index (χ1v) is 8.86. The second-order valence-corrected chi connectivity index (χ2v) is 6.68. The van der Waals surface area contributed by atoms with E-state index in [1.807, 2.05) is 19.1 Å². The molecule has 1 atom stereocenters. The van der Waals surface area contributed by atoms with E-state index in [9.17, 15) is 13.2 Å². The molecule has 1 aromatic heterocycles. The van der Waals surface area contributed by atoms with E-state index in [1.165, 1.54) is 0 Å². The van der Waals surface area contributed by atoms with Gasteiger partial charge in [-0.15, -0.1) is 0 Å². The highest BCUT2D eigenvalue weighted by Gasteiger charge is 2.29. The number of benzene rings is 1. The number of aromatic nitrogens is 2. The molecule has 1 aliphatic heterocycles. The summed E-state index contributed by atoms with van der Waals surface area (Å²) in [6.45, 7) is 6.31. The number of rotatable bonds is 6. The third kappa shape index (κ3) is 5.43. The van der Waals surface area contributed by atoms with E-state index in [0.717, 1.165) is 31.7 Å². The standard InChI is InChI=1S/C18H23F3N4O2/c1-13(17-22-14(2)23-27-17)25-9-7-24(8-10-25)11-15-5-3-4-6-16(15)26-12-18(19,20)21/h3-6,13H,7-12H2,1-2H3. The maximum atomic E-state index is 12.4. The lowest BCUT2D eigenvalue weighted by atomic mass is 10.1. The van der Waals surface area contributed by atoms with Crippen molar-refractivity contribution in [2.24, 2.45) is 0 Å². The van der Waals surface area contributed by atoms with Crippen LogP contribution in [0.4, 0.5) is 13.2 Å². The second kappa shape index (κ2) is 8.26. The van der Waals surface area contributed by atoms with E-state index < -0.39 is 12.8 Å². The van der Waals surface area contributed by atoms with Crippen LogP contribution in [0.15, 0.2) is 28.8 Å². The van der Waals surface area contributed by atoms with Crippen molar-refractivity contribution in [1.29, 1.82) is 0 Å². The normalized spacial score (nSPS) is 17.8. The molecule has 1 fully saturated rings. The van der Waals surface area contributed by atoms with Crippen LogP contribution in [0.3, 0.4) is 0 Å². The van der Waals surface area contributed by atoms with Gasteiger partial charge in [-0.25, -0.2) is 0 Å². The summed E-state index contributed by atoms with van der Waals surface area (Å²) in [5, 5.41) is 3.83. The first-order chi connectivity index (χ1) is 12.8. The van der Waals surface area contributed by atoms with Gasteiger partial charge in [0, 0.05) is 38.3 Å². The lowest BCUT2D eigenvalue weighted by Gasteiger charge is -2.37. The van der Waals surface area contributed by atoms with Crippen LogP contribution in [0, 0.1) is 6.92 Å². The highest BCUT2D eigenvalue weighted by Crippen LogP contribution is 2.25. The number of halogens is 3. The zero-order chi connectivity index (χ0) is 19.4. The van der Waals surface area contributed by atoms with Gasteiger partial charge in [-0.2, -0.15) is 18.2 Å². The lowest BCUT2D eigenvalue weighted by Crippen LogP contribution is -2.46. The van der Waals surface area contributed by atoms with Gasteiger partial charge in [0.1, 0.15) is 5.75 Å². The van der Waals surface area contributed by atoms with Crippen LogP contribution in [-0.2, 0) is 6.54 Å². The maximum Gasteiger partial charge on any atom is 0.422 e. The third-order valence-corrected chi connectivity index (χ3v) is 4.61. The van der Waals surface area contributed by atoms with Crippen molar-refractivity contribution in [2.45, 2.75) is 32.6 Å².